The smallest absolute Gasteiger partial charge is 0.406 e. The van der Waals surface area contributed by atoms with Gasteiger partial charge in [0.05, 0.1) is 10.6 Å². The summed E-state index contributed by atoms with van der Waals surface area (Å²) in [4.78, 5) is 11.9. The molecule has 7 heteroatoms. The van der Waals surface area contributed by atoms with E-state index in [9.17, 15) is 18.0 Å². The Hall–Kier alpha value is -2.67. The number of alkyl halides is 3. The summed E-state index contributed by atoms with van der Waals surface area (Å²) in [6.45, 7) is 0. The van der Waals surface area contributed by atoms with Crippen molar-refractivity contribution in [2.24, 2.45) is 0 Å². The fraction of sp³-hybridized carbons (Fsp3) is 0.158. The average molecular weight is 375 g/mol. The standard InChI is InChI=1S/C19H12F3NO2S/c20-19(21,22)25-14-5-2-12(3-6-14)18-16-8-4-13-9-11(10-24)1-7-15(13)17(16)23-26-18/h1-3,5-7,9-10H,4,8H2. The lowest BCUT2D eigenvalue weighted by Gasteiger charge is -2.17. The van der Waals surface area contributed by atoms with Crippen LogP contribution in [0.2, 0.25) is 0 Å². The van der Waals surface area contributed by atoms with Gasteiger partial charge in [0.1, 0.15) is 12.0 Å². The van der Waals surface area contributed by atoms with Crippen molar-refractivity contribution in [1.29, 1.82) is 0 Å². The highest BCUT2D eigenvalue weighted by Crippen LogP contribution is 2.41. The van der Waals surface area contributed by atoms with E-state index in [0.717, 1.165) is 52.0 Å². The number of aromatic nitrogens is 1. The number of rotatable bonds is 3. The highest BCUT2D eigenvalue weighted by atomic mass is 32.1. The number of aryl methyl sites for hydroxylation is 1. The molecule has 0 radical (unpaired) electrons. The molecule has 1 aromatic heterocycles. The number of nitrogens with zero attached hydrogens (tertiary/aromatic N) is 1. The van der Waals surface area contributed by atoms with Crippen molar-refractivity contribution in [2.75, 3.05) is 0 Å². The van der Waals surface area contributed by atoms with Gasteiger partial charge < -0.3 is 4.74 Å². The number of halogens is 3. The Balaban J connectivity index is 1.68. The molecule has 132 valence electrons. The largest absolute Gasteiger partial charge is 0.573 e. The lowest BCUT2D eigenvalue weighted by Crippen LogP contribution is -2.16. The summed E-state index contributed by atoms with van der Waals surface area (Å²) in [5.74, 6) is -0.244. The maximum Gasteiger partial charge on any atom is 0.573 e. The minimum absolute atomic E-state index is 0.244. The Morgan fingerprint density at radius 2 is 1.85 bits per heavy atom. The van der Waals surface area contributed by atoms with Gasteiger partial charge >= 0.3 is 6.36 Å². The third-order valence-electron chi connectivity index (χ3n) is 4.30. The molecule has 3 aromatic rings. The van der Waals surface area contributed by atoms with E-state index in [4.69, 9.17) is 0 Å². The predicted molar refractivity (Wildman–Crippen MR) is 92.5 cm³/mol. The first-order chi connectivity index (χ1) is 12.4. The number of fused-ring (bicyclic) bond motifs is 3. The second kappa shape index (κ2) is 6.25. The molecular weight excluding hydrogens is 363 g/mol. The zero-order chi connectivity index (χ0) is 18.3. The second-order valence-electron chi connectivity index (χ2n) is 5.95. The van der Waals surface area contributed by atoms with E-state index in [2.05, 4.69) is 9.11 Å². The highest BCUT2D eigenvalue weighted by molar-refractivity contribution is 7.10. The third-order valence-corrected chi connectivity index (χ3v) is 5.24. The molecule has 0 amide bonds. The Kier molecular flexibility index (Phi) is 4.03. The van der Waals surface area contributed by atoms with E-state index in [1.165, 1.54) is 23.7 Å². The number of aldehydes is 1. The lowest BCUT2D eigenvalue weighted by atomic mass is 9.87. The number of carbonyl (C=O) groups excluding carboxylic acids is 1. The SMILES string of the molecule is O=Cc1ccc2c(c1)CCc1c-2nsc1-c1ccc(OC(F)(F)F)cc1. The minimum atomic E-state index is -4.70. The van der Waals surface area contributed by atoms with E-state index in [1.54, 1.807) is 18.2 Å². The first kappa shape index (κ1) is 16.8. The number of benzene rings is 2. The number of ether oxygens (including phenoxy) is 1. The van der Waals surface area contributed by atoms with Crippen LogP contribution < -0.4 is 4.74 Å². The predicted octanol–water partition coefficient (Wildman–Crippen LogP) is 5.29. The van der Waals surface area contributed by atoms with Gasteiger partial charge in [-0.3, -0.25) is 4.79 Å². The fourth-order valence-electron chi connectivity index (χ4n) is 3.17. The van der Waals surface area contributed by atoms with Gasteiger partial charge in [-0.05, 0) is 71.4 Å². The van der Waals surface area contributed by atoms with Crippen molar-refractivity contribution >= 4 is 17.8 Å². The topological polar surface area (TPSA) is 39.2 Å². The van der Waals surface area contributed by atoms with Crippen LogP contribution in [0.1, 0.15) is 21.5 Å². The molecule has 3 nitrogen and oxygen atoms in total. The summed E-state index contributed by atoms with van der Waals surface area (Å²) >= 11 is 1.33. The van der Waals surface area contributed by atoms with Crippen LogP contribution in [0.3, 0.4) is 0 Å². The molecule has 1 aliphatic rings. The maximum absolute atomic E-state index is 12.3. The van der Waals surface area contributed by atoms with Crippen LogP contribution in [0.15, 0.2) is 42.5 Å². The van der Waals surface area contributed by atoms with Gasteiger partial charge in [0, 0.05) is 11.1 Å². The van der Waals surface area contributed by atoms with Crippen LogP contribution in [0.5, 0.6) is 5.75 Å². The van der Waals surface area contributed by atoms with E-state index in [1.807, 2.05) is 12.1 Å². The molecule has 0 saturated heterocycles. The molecule has 1 heterocycles. The van der Waals surface area contributed by atoms with E-state index < -0.39 is 6.36 Å². The summed E-state index contributed by atoms with van der Waals surface area (Å²) < 4.78 is 45.3. The van der Waals surface area contributed by atoms with Crippen LogP contribution in [0, 0.1) is 0 Å². The molecule has 1 aliphatic carbocycles. The molecule has 0 spiro atoms. The van der Waals surface area contributed by atoms with Crippen molar-refractivity contribution in [2.45, 2.75) is 19.2 Å². The first-order valence-corrected chi connectivity index (χ1v) is 8.65. The summed E-state index contributed by atoms with van der Waals surface area (Å²) in [5.41, 5.74) is 5.53. The van der Waals surface area contributed by atoms with E-state index in [0.29, 0.717) is 5.56 Å². The van der Waals surface area contributed by atoms with Crippen molar-refractivity contribution in [3.05, 3.63) is 59.2 Å². The van der Waals surface area contributed by atoms with Gasteiger partial charge in [-0.2, -0.15) is 4.37 Å². The highest BCUT2D eigenvalue weighted by Gasteiger charge is 2.31. The number of hydrogen-bond donors (Lipinski definition) is 0. The van der Waals surface area contributed by atoms with Crippen LogP contribution in [0.4, 0.5) is 13.2 Å². The zero-order valence-corrected chi connectivity index (χ0v) is 14.2. The quantitative estimate of drug-likeness (QED) is 0.584. The second-order valence-corrected chi connectivity index (χ2v) is 6.72. The summed E-state index contributed by atoms with van der Waals surface area (Å²) in [5, 5.41) is 0. The van der Waals surface area contributed by atoms with Gasteiger partial charge in [0.15, 0.2) is 0 Å². The molecule has 0 saturated carbocycles. The number of carbonyl (C=O) groups is 1. The third kappa shape index (κ3) is 3.10. The maximum atomic E-state index is 12.3. The van der Waals surface area contributed by atoms with Crippen molar-refractivity contribution in [3.63, 3.8) is 0 Å². The molecule has 2 aromatic carbocycles. The van der Waals surface area contributed by atoms with Crippen LogP contribution in [-0.2, 0) is 12.8 Å². The molecule has 0 unspecified atom stereocenters. The van der Waals surface area contributed by atoms with E-state index >= 15 is 0 Å². The molecule has 0 aliphatic heterocycles. The monoisotopic (exact) mass is 375 g/mol. The lowest BCUT2D eigenvalue weighted by molar-refractivity contribution is -0.274. The first-order valence-electron chi connectivity index (χ1n) is 7.88. The Morgan fingerprint density at radius 1 is 1.08 bits per heavy atom. The Morgan fingerprint density at radius 3 is 2.54 bits per heavy atom. The van der Waals surface area contributed by atoms with E-state index in [-0.39, 0.29) is 5.75 Å². The molecule has 0 N–H and O–H groups in total. The van der Waals surface area contributed by atoms with Gasteiger partial charge in [-0.25, -0.2) is 0 Å². The summed E-state index contributed by atoms with van der Waals surface area (Å²) in [7, 11) is 0. The Labute approximate surface area is 151 Å². The van der Waals surface area contributed by atoms with Crippen molar-refractivity contribution < 1.29 is 22.7 Å². The van der Waals surface area contributed by atoms with Gasteiger partial charge in [-0.1, -0.05) is 12.1 Å². The van der Waals surface area contributed by atoms with Crippen LogP contribution in [-0.4, -0.2) is 17.0 Å². The van der Waals surface area contributed by atoms with Gasteiger partial charge in [0.25, 0.3) is 0 Å². The molecular formula is C19H12F3NO2S. The van der Waals surface area contributed by atoms with Gasteiger partial charge in [-0.15, -0.1) is 13.2 Å². The Bertz CT molecular complexity index is 977. The fourth-order valence-corrected chi connectivity index (χ4v) is 4.11. The minimum Gasteiger partial charge on any atom is -0.406 e. The zero-order valence-electron chi connectivity index (χ0n) is 13.3. The molecule has 0 atom stereocenters. The van der Waals surface area contributed by atoms with Crippen LogP contribution in [0.25, 0.3) is 21.7 Å². The normalized spacial score (nSPS) is 13.0. The average Bonchev–Trinajstić information content (AvgIpc) is 3.05. The summed E-state index contributed by atoms with van der Waals surface area (Å²) in [6.07, 6.45) is -2.30. The molecule has 26 heavy (non-hydrogen) atoms. The molecule has 0 fully saturated rings. The molecule has 4 rings (SSSR count). The van der Waals surface area contributed by atoms with Crippen LogP contribution >= 0.6 is 11.5 Å². The molecule has 0 bridgehead atoms. The van der Waals surface area contributed by atoms with Gasteiger partial charge in [0.2, 0.25) is 0 Å². The summed E-state index contributed by atoms with van der Waals surface area (Å²) in [6, 6.07) is 11.4. The number of hydrogen-bond acceptors (Lipinski definition) is 4. The van der Waals surface area contributed by atoms with Crippen molar-refractivity contribution in [1.82, 2.24) is 4.37 Å². The van der Waals surface area contributed by atoms with Crippen molar-refractivity contribution in [3.8, 4) is 27.4 Å².